The highest BCUT2D eigenvalue weighted by Crippen LogP contribution is 2.32. The second kappa shape index (κ2) is 4.41. The summed E-state index contributed by atoms with van der Waals surface area (Å²) in [4.78, 5) is 15.6. The molecule has 1 unspecified atom stereocenters. The van der Waals surface area contributed by atoms with Crippen molar-refractivity contribution >= 4 is 16.8 Å². The molecule has 100 valence electrons. The number of nitrogens with one attached hydrogen (secondary N) is 2. The number of rotatable bonds is 3. The van der Waals surface area contributed by atoms with E-state index in [1.807, 2.05) is 18.2 Å². The van der Waals surface area contributed by atoms with Gasteiger partial charge in [0.1, 0.15) is 0 Å². The first-order valence-electron chi connectivity index (χ1n) is 6.96. The minimum absolute atomic E-state index is 0.0413. The molecule has 1 saturated carbocycles. The Morgan fingerprint density at radius 2 is 2.11 bits per heavy atom. The lowest BCUT2D eigenvalue weighted by Crippen LogP contribution is -2.33. The lowest BCUT2D eigenvalue weighted by Gasteiger charge is -2.12. The summed E-state index contributed by atoms with van der Waals surface area (Å²) >= 11 is 0. The number of hydrogen-bond donors (Lipinski definition) is 2. The summed E-state index contributed by atoms with van der Waals surface area (Å²) in [5.41, 5.74) is 4.24. The van der Waals surface area contributed by atoms with Crippen LogP contribution in [0, 0.1) is 19.8 Å². The Kier molecular flexibility index (Phi) is 2.85. The number of carbonyl (C=O) groups excluding carboxylic acids is 1. The van der Waals surface area contributed by atoms with Crippen LogP contribution >= 0.6 is 0 Å². The third kappa shape index (κ3) is 2.25. The summed E-state index contributed by atoms with van der Waals surface area (Å²) in [7, 11) is 0. The first kappa shape index (κ1) is 12.3. The van der Waals surface area contributed by atoms with Gasteiger partial charge in [0.2, 0.25) is 0 Å². The zero-order valence-electron chi connectivity index (χ0n) is 11.7. The molecule has 1 aromatic heterocycles. The van der Waals surface area contributed by atoms with Crippen molar-refractivity contribution in [2.45, 2.75) is 39.7 Å². The summed E-state index contributed by atoms with van der Waals surface area (Å²) in [6, 6.07) is 6.17. The van der Waals surface area contributed by atoms with Crippen molar-refractivity contribution < 1.29 is 4.79 Å². The van der Waals surface area contributed by atoms with E-state index in [1.54, 1.807) is 0 Å². The smallest absolute Gasteiger partial charge is 0.251 e. The fourth-order valence-electron chi connectivity index (χ4n) is 2.61. The standard InChI is InChI=1S/C16H20N2O/c1-9-10(2)17-15-7-6-13(8-14(9)15)16(19)18-11(3)12-4-5-12/h6-8,11-12,17H,4-5H2,1-3H3,(H,18,19). The molecule has 0 saturated heterocycles. The van der Waals surface area contributed by atoms with Crippen molar-refractivity contribution in [1.82, 2.24) is 10.3 Å². The molecule has 1 atom stereocenters. The Morgan fingerprint density at radius 1 is 1.37 bits per heavy atom. The molecule has 3 heteroatoms. The number of carbonyl (C=O) groups is 1. The van der Waals surface area contributed by atoms with E-state index in [4.69, 9.17) is 0 Å². The molecule has 2 N–H and O–H groups in total. The number of fused-ring (bicyclic) bond motifs is 1. The predicted octanol–water partition coefficient (Wildman–Crippen LogP) is 3.31. The molecule has 0 aliphatic heterocycles. The molecule has 0 spiro atoms. The summed E-state index contributed by atoms with van der Waals surface area (Å²) in [6.45, 7) is 6.24. The highest BCUT2D eigenvalue weighted by molar-refractivity contribution is 5.99. The van der Waals surface area contributed by atoms with Gasteiger partial charge in [-0.25, -0.2) is 0 Å². The van der Waals surface area contributed by atoms with Crippen molar-refractivity contribution in [1.29, 1.82) is 0 Å². The highest BCUT2D eigenvalue weighted by Gasteiger charge is 2.29. The molecule has 1 aliphatic carbocycles. The van der Waals surface area contributed by atoms with Crippen LogP contribution in [0.3, 0.4) is 0 Å². The Bertz CT molecular complexity index is 637. The maximum atomic E-state index is 12.2. The van der Waals surface area contributed by atoms with E-state index < -0.39 is 0 Å². The number of hydrogen-bond acceptors (Lipinski definition) is 1. The molecule has 1 fully saturated rings. The maximum Gasteiger partial charge on any atom is 0.251 e. The van der Waals surface area contributed by atoms with Crippen LogP contribution in [-0.4, -0.2) is 16.9 Å². The minimum atomic E-state index is 0.0413. The van der Waals surface area contributed by atoms with E-state index in [2.05, 4.69) is 31.1 Å². The molecule has 3 rings (SSSR count). The predicted molar refractivity (Wildman–Crippen MR) is 77.4 cm³/mol. The molecule has 1 aromatic carbocycles. The van der Waals surface area contributed by atoms with Crippen LogP contribution < -0.4 is 5.32 Å². The topological polar surface area (TPSA) is 44.9 Å². The second-order valence-electron chi connectivity index (χ2n) is 5.73. The number of benzene rings is 1. The zero-order chi connectivity index (χ0) is 13.6. The molecule has 0 radical (unpaired) electrons. The third-order valence-electron chi connectivity index (χ3n) is 4.26. The molecule has 2 aromatic rings. The van der Waals surface area contributed by atoms with Gasteiger partial charge in [-0.2, -0.15) is 0 Å². The van der Waals surface area contributed by atoms with Crippen LogP contribution in [0.15, 0.2) is 18.2 Å². The fraction of sp³-hybridized carbons (Fsp3) is 0.438. The van der Waals surface area contributed by atoms with E-state index in [-0.39, 0.29) is 11.9 Å². The van der Waals surface area contributed by atoms with Gasteiger partial charge in [-0.3, -0.25) is 4.79 Å². The number of H-pyrrole nitrogens is 1. The van der Waals surface area contributed by atoms with Crippen molar-refractivity contribution in [3.05, 3.63) is 35.0 Å². The summed E-state index contributed by atoms with van der Waals surface area (Å²) < 4.78 is 0. The molecule has 0 bridgehead atoms. The molecule has 1 amide bonds. The third-order valence-corrected chi connectivity index (χ3v) is 4.26. The lowest BCUT2D eigenvalue weighted by molar-refractivity contribution is 0.0936. The van der Waals surface area contributed by atoms with Crippen LogP contribution in [-0.2, 0) is 0 Å². The summed E-state index contributed by atoms with van der Waals surface area (Å²) in [6.07, 6.45) is 2.49. The molecule has 1 heterocycles. The highest BCUT2D eigenvalue weighted by atomic mass is 16.1. The minimum Gasteiger partial charge on any atom is -0.358 e. The van der Waals surface area contributed by atoms with Gasteiger partial charge in [-0.15, -0.1) is 0 Å². The molecular formula is C16H20N2O. The molecular weight excluding hydrogens is 236 g/mol. The van der Waals surface area contributed by atoms with Crippen molar-refractivity contribution in [2.75, 3.05) is 0 Å². The van der Waals surface area contributed by atoms with E-state index >= 15 is 0 Å². The van der Waals surface area contributed by atoms with Gasteiger partial charge in [0.05, 0.1) is 0 Å². The SMILES string of the molecule is Cc1[nH]c2ccc(C(=O)NC(C)C3CC3)cc2c1C. The van der Waals surface area contributed by atoms with Crippen LogP contribution in [0.4, 0.5) is 0 Å². The van der Waals surface area contributed by atoms with E-state index in [0.717, 1.165) is 16.5 Å². The van der Waals surface area contributed by atoms with Crippen LogP contribution in [0.25, 0.3) is 10.9 Å². The zero-order valence-corrected chi connectivity index (χ0v) is 11.7. The Labute approximate surface area is 113 Å². The van der Waals surface area contributed by atoms with Gasteiger partial charge < -0.3 is 10.3 Å². The summed E-state index contributed by atoms with van der Waals surface area (Å²) in [5, 5.41) is 4.24. The monoisotopic (exact) mass is 256 g/mol. The molecule has 1 aliphatic rings. The Hall–Kier alpha value is -1.77. The van der Waals surface area contributed by atoms with Gasteiger partial charge >= 0.3 is 0 Å². The van der Waals surface area contributed by atoms with Gasteiger partial charge in [0.25, 0.3) is 5.91 Å². The van der Waals surface area contributed by atoms with E-state index in [1.165, 1.54) is 24.1 Å². The van der Waals surface area contributed by atoms with Crippen LogP contribution in [0.1, 0.15) is 41.4 Å². The summed E-state index contributed by atoms with van der Waals surface area (Å²) in [5.74, 6) is 0.725. The first-order valence-corrected chi connectivity index (χ1v) is 6.96. The molecule has 19 heavy (non-hydrogen) atoms. The van der Waals surface area contributed by atoms with Crippen molar-refractivity contribution in [3.8, 4) is 0 Å². The largest absolute Gasteiger partial charge is 0.358 e. The fourth-order valence-corrected chi connectivity index (χ4v) is 2.61. The average molecular weight is 256 g/mol. The lowest BCUT2D eigenvalue weighted by atomic mass is 10.1. The quantitative estimate of drug-likeness (QED) is 0.869. The Morgan fingerprint density at radius 3 is 2.79 bits per heavy atom. The second-order valence-corrected chi connectivity index (χ2v) is 5.73. The normalized spacial score (nSPS) is 16.6. The number of aryl methyl sites for hydroxylation is 2. The first-order chi connectivity index (χ1) is 9.06. The number of amides is 1. The van der Waals surface area contributed by atoms with Gasteiger partial charge in [0, 0.05) is 28.2 Å². The van der Waals surface area contributed by atoms with Crippen molar-refractivity contribution in [3.63, 3.8) is 0 Å². The maximum absolute atomic E-state index is 12.2. The number of aromatic amines is 1. The van der Waals surface area contributed by atoms with Crippen LogP contribution in [0.5, 0.6) is 0 Å². The number of aromatic nitrogens is 1. The van der Waals surface area contributed by atoms with Gasteiger partial charge in [-0.05, 0) is 63.3 Å². The van der Waals surface area contributed by atoms with E-state index in [9.17, 15) is 4.79 Å². The Balaban J connectivity index is 1.87. The van der Waals surface area contributed by atoms with Gasteiger partial charge in [0.15, 0.2) is 0 Å². The van der Waals surface area contributed by atoms with Crippen molar-refractivity contribution in [2.24, 2.45) is 5.92 Å². The average Bonchev–Trinajstić information content (AvgIpc) is 3.18. The van der Waals surface area contributed by atoms with Crippen LogP contribution in [0.2, 0.25) is 0 Å². The van der Waals surface area contributed by atoms with E-state index in [0.29, 0.717) is 5.92 Å². The molecule has 3 nitrogen and oxygen atoms in total. The van der Waals surface area contributed by atoms with Gasteiger partial charge in [-0.1, -0.05) is 0 Å².